The minimum atomic E-state index is -0.368. The van der Waals surface area contributed by atoms with Crippen LogP contribution in [0, 0.1) is 18.3 Å². The van der Waals surface area contributed by atoms with Gasteiger partial charge in [0.25, 0.3) is 0 Å². The van der Waals surface area contributed by atoms with Crippen LogP contribution >= 0.6 is 12.4 Å². The maximum absolute atomic E-state index is 13.0. The molecule has 0 bridgehead atoms. The minimum Gasteiger partial charge on any atom is -0.381 e. The summed E-state index contributed by atoms with van der Waals surface area (Å²) >= 11 is 0. The Labute approximate surface area is 163 Å². The molecule has 4 nitrogen and oxygen atoms in total. The maximum Gasteiger partial charge on any atom is 0.230 e. The van der Waals surface area contributed by atoms with E-state index >= 15 is 0 Å². The highest BCUT2D eigenvalue weighted by Gasteiger charge is 2.42. The van der Waals surface area contributed by atoms with E-state index in [2.05, 4.69) is 36.1 Å². The molecule has 2 aliphatic heterocycles. The number of carbonyl (C=O) groups excluding carboxylic acids is 1. The molecule has 1 amide bonds. The summed E-state index contributed by atoms with van der Waals surface area (Å²) in [7, 11) is 0. The third kappa shape index (κ3) is 4.99. The Hall–Kier alpha value is -1.10. The van der Waals surface area contributed by atoms with Crippen molar-refractivity contribution < 1.29 is 9.53 Å². The number of halogens is 1. The molecule has 0 saturated carbocycles. The Morgan fingerprint density at radius 2 is 1.81 bits per heavy atom. The van der Waals surface area contributed by atoms with Gasteiger partial charge in [-0.05, 0) is 56.9 Å². The molecule has 5 heteroatoms. The number of benzene rings is 1. The van der Waals surface area contributed by atoms with Crippen LogP contribution in [0.3, 0.4) is 0 Å². The Bertz CT molecular complexity index is 562. The number of likely N-dealkylation sites (tertiary alicyclic amines) is 1. The molecule has 146 valence electrons. The first kappa shape index (κ1) is 21.2. The van der Waals surface area contributed by atoms with Gasteiger partial charge in [-0.1, -0.05) is 29.8 Å². The van der Waals surface area contributed by atoms with E-state index in [1.165, 1.54) is 17.5 Å². The van der Waals surface area contributed by atoms with E-state index in [1.54, 1.807) is 0 Å². The fourth-order valence-electron chi connectivity index (χ4n) is 4.15. The highest BCUT2D eigenvalue weighted by atomic mass is 35.5. The third-order valence-corrected chi connectivity index (χ3v) is 6.16. The summed E-state index contributed by atoms with van der Waals surface area (Å²) < 4.78 is 5.44. The largest absolute Gasteiger partial charge is 0.381 e. The van der Waals surface area contributed by atoms with E-state index in [0.29, 0.717) is 19.8 Å². The van der Waals surface area contributed by atoms with Crippen molar-refractivity contribution in [2.45, 2.75) is 45.4 Å². The van der Waals surface area contributed by atoms with Gasteiger partial charge in [-0.25, -0.2) is 0 Å². The summed E-state index contributed by atoms with van der Waals surface area (Å²) in [6.45, 7) is 5.68. The molecule has 0 unspecified atom stereocenters. The lowest BCUT2D eigenvalue weighted by Crippen LogP contribution is -2.52. The van der Waals surface area contributed by atoms with Gasteiger partial charge in [0.15, 0.2) is 0 Å². The van der Waals surface area contributed by atoms with Crippen molar-refractivity contribution in [3.05, 3.63) is 35.4 Å². The zero-order chi connectivity index (χ0) is 17.7. The number of amides is 1. The molecule has 0 atom stereocenters. The Morgan fingerprint density at radius 3 is 2.38 bits per heavy atom. The fourth-order valence-corrected chi connectivity index (χ4v) is 4.15. The van der Waals surface area contributed by atoms with Crippen molar-refractivity contribution in [2.24, 2.45) is 17.1 Å². The van der Waals surface area contributed by atoms with Crippen molar-refractivity contribution in [1.29, 1.82) is 0 Å². The van der Waals surface area contributed by atoms with Crippen molar-refractivity contribution in [3.8, 4) is 0 Å². The van der Waals surface area contributed by atoms with Crippen molar-refractivity contribution in [1.82, 2.24) is 4.90 Å². The Balaban J connectivity index is 0.00000243. The second-order valence-electron chi connectivity index (χ2n) is 7.86. The van der Waals surface area contributed by atoms with Gasteiger partial charge < -0.3 is 15.4 Å². The van der Waals surface area contributed by atoms with Crippen LogP contribution in [0.4, 0.5) is 0 Å². The lowest BCUT2D eigenvalue weighted by Gasteiger charge is -2.41. The van der Waals surface area contributed by atoms with E-state index in [0.717, 1.165) is 51.1 Å². The molecule has 0 aromatic heterocycles. The third-order valence-electron chi connectivity index (χ3n) is 6.16. The number of piperidine rings is 1. The fraction of sp³-hybridized carbons (Fsp3) is 0.667. The highest BCUT2D eigenvalue weighted by Crippen LogP contribution is 2.33. The van der Waals surface area contributed by atoms with Gasteiger partial charge in [-0.2, -0.15) is 0 Å². The molecular weight excluding hydrogens is 348 g/mol. The number of ether oxygens (including phenoxy) is 1. The van der Waals surface area contributed by atoms with Crippen LogP contribution in [0.2, 0.25) is 0 Å². The van der Waals surface area contributed by atoms with Crippen LogP contribution in [-0.4, -0.2) is 43.7 Å². The van der Waals surface area contributed by atoms with Crippen LogP contribution in [0.5, 0.6) is 0 Å². The van der Waals surface area contributed by atoms with Crippen LogP contribution in [0.15, 0.2) is 24.3 Å². The molecule has 3 rings (SSSR count). The van der Waals surface area contributed by atoms with Gasteiger partial charge in [0.1, 0.15) is 0 Å². The summed E-state index contributed by atoms with van der Waals surface area (Å²) in [5.41, 5.74) is 8.37. The lowest BCUT2D eigenvalue weighted by molar-refractivity contribution is -0.148. The van der Waals surface area contributed by atoms with Crippen molar-refractivity contribution >= 4 is 18.3 Å². The second-order valence-corrected chi connectivity index (χ2v) is 7.86. The molecule has 2 heterocycles. The zero-order valence-corrected chi connectivity index (χ0v) is 16.7. The van der Waals surface area contributed by atoms with Crippen LogP contribution in [0.1, 0.15) is 43.2 Å². The summed E-state index contributed by atoms with van der Waals surface area (Å²) in [5, 5.41) is 0. The van der Waals surface area contributed by atoms with Crippen molar-refractivity contribution in [2.75, 3.05) is 32.8 Å². The van der Waals surface area contributed by atoms with Crippen LogP contribution in [0.25, 0.3) is 0 Å². The maximum atomic E-state index is 13.0. The van der Waals surface area contributed by atoms with Crippen LogP contribution < -0.4 is 5.73 Å². The second kappa shape index (κ2) is 9.72. The van der Waals surface area contributed by atoms with Gasteiger partial charge >= 0.3 is 0 Å². The van der Waals surface area contributed by atoms with Gasteiger partial charge in [0.2, 0.25) is 5.91 Å². The number of carbonyl (C=O) groups is 1. The van der Waals surface area contributed by atoms with E-state index < -0.39 is 0 Å². The van der Waals surface area contributed by atoms with Crippen molar-refractivity contribution in [3.63, 3.8) is 0 Å². The molecule has 0 radical (unpaired) electrons. The quantitative estimate of drug-likeness (QED) is 0.852. The molecule has 26 heavy (non-hydrogen) atoms. The number of hydrogen-bond acceptors (Lipinski definition) is 3. The first-order chi connectivity index (χ1) is 12.1. The predicted molar refractivity (Wildman–Crippen MR) is 108 cm³/mol. The monoisotopic (exact) mass is 380 g/mol. The molecule has 0 spiro atoms. The molecular formula is C21H33ClN2O2. The number of nitrogens with two attached hydrogens (primary N) is 1. The molecule has 1 aromatic rings. The first-order valence-electron chi connectivity index (χ1n) is 9.76. The number of aryl methyl sites for hydroxylation is 2. The molecule has 2 fully saturated rings. The number of hydrogen-bond donors (Lipinski definition) is 1. The summed E-state index contributed by atoms with van der Waals surface area (Å²) in [6.07, 6.45) is 6.15. The summed E-state index contributed by atoms with van der Waals surface area (Å²) in [5.74, 6) is 1.00. The SMILES string of the molecule is Cc1ccc(CCC2CCN(C(=O)C3(CN)CCOCC3)CC2)cc1.Cl. The predicted octanol–water partition coefficient (Wildman–Crippen LogP) is 3.34. The lowest BCUT2D eigenvalue weighted by atomic mass is 9.78. The Kier molecular flexibility index (Phi) is 7.93. The zero-order valence-electron chi connectivity index (χ0n) is 15.9. The van der Waals surface area contributed by atoms with Crippen LogP contribution in [-0.2, 0) is 16.0 Å². The van der Waals surface area contributed by atoms with Gasteiger partial charge in [0.05, 0.1) is 5.41 Å². The molecule has 0 aliphatic carbocycles. The average Bonchev–Trinajstić information content (AvgIpc) is 2.68. The normalized spacial score (nSPS) is 20.5. The van der Waals surface area contributed by atoms with E-state index in [-0.39, 0.29) is 23.7 Å². The van der Waals surface area contributed by atoms with E-state index in [9.17, 15) is 4.79 Å². The minimum absolute atomic E-state index is 0. The standard InChI is InChI=1S/C21H32N2O2.ClH/c1-17-2-4-18(5-3-17)6-7-19-8-12-23(13-9-19)20(24)21(16-22)10-14-25-15-11-21;/h2-5,19H,6-16,22H2,1H3;1H. The molecule has 2 saturated heterocycles. The molecule has 1 aromatic carbocycles. The smallest absolute Gasteiger partial charge is 0.230 e. The number of rotatable bonds is 5. The van der Waals surface area contributed by atoms with E-state index in [4.69, 9.17) is 10.5 Å². The molecule has 2 N–H and O–H groups in total. The van der Waals surface area contributed by atoms with Gasteiger partial charge in [-0.3, -0.25) is 4.79 Å². The van der Waals surface area contributed by atoms with E-state index in [1.807, 2.05) is 0 Å². The number of nitrogens with zero attached hydrogens (tertiary/aromatic N) is 1. The average molecular weight is 381 g/mol. The van der Waals surface area contributed by atoms with Gasteiger partial charge in [0, 0.05) is 32.8 Å². The molecule has 2 aliphatic rings. The highest BCUT2D eigenvalue weighted by molar-refractivity contribution is 5.85. The Morgan fingerprint density at radius 1 is 1.19 bits per heavy atom. The summed E-state index contributed by atoms with van der Waals surface area (Å²) in [4.78, 5) is 15.1. The first-order valence-corrected chi connectivity index (χ1v) is 9.76. The topological polar surface area (TPSA) is 55.6 Å². The summed E-state index contributed by atoms with van der Waals surface area (Å²) in [6, 6.07) is 8.86. The van der Waals surface area contributed by atoms with Gasteiger partial charge in [-0.15, -0.1) is 12.4 Å².